The fourth-order valence-corrected chi connectivity index (χ4v) is 6.11. The van der Waals surface area contributed by atoms with Gasteiger partial charge in [0.2, 0.25) is 0 Å². The average molecular weight is 384 g/mol. The Morgan fingerprint density at radius 2 is 2.07 bits per heavy atom. The summed E-state index contributed by atoms with van der Waals surface area (Å²) in [5.74, 6) is 1.70. The molecule has 0 radical (unpaired) electrons. The number of hydrogen-bond acceptors (Lipinski definition) is 3. The summed E-state index contributed by atoms with van der Waals surface area (Å²) in [7, 11) is 1.92. The maximum atomic E-state index is 6.15. The van der Waals surface area contributed by atoms with Crippen molar-refractivity contribution in [3.05, 3.63) is 34.9 Å². The molecule has 4 fully saturated rings. The molecule has 1 aromatic rings. The van der Waals surface area contributed by atoms with Crippen LogP contribution in [0, 0.1) is 25.2 Å². The quantitative estimate of drug-likeness (QED) is 0.629. The summed E-state index contributed by atoms with van der Waals surface area (Å²) in [4.78, 5) is 7.06. The molecule has 2 heterocycles. The molecule has 2 aliphatic carbocycles. The zero-order chi connectivity index (χ0) is 19.3. The van der Waals surface area contributed by atoms with Gasteiger partial charge in [-0.15, -0.1) is 0 Å². The van der Waals surface area contributed by atoms with Gasteiger partial charge in [0, 0.05) is 37.6 Å². The van der Waals surface area contributed by atoms with E-state index in [-0.39, 0.29) is 6.10 Å². The summed E-state index contributed by atoms with van der Waals surface area (Å²) >= 11 is 0. The molecule has 4 unspecified atom stereocenters. The molecule has 0 amide bonds. The van der Waals surface area contributed by atoms with Gasteiger partial charge in [-0.05, 0) is 44.2 Å². The third kappa shape index (κ3) is 2.78. The van der Waals surface area contributed by atoms with E-state index < -0.39 is 0 Å². The van der Waals surface area contributed by atoms with Crippen LogP contribution in [0.4, 0.5) is 0 Å². The first-order valence-electron chi connectivity index (χ1n) is 10.9. The number of guanidine groups is 1. The minimum absolute atomic E-state index is 0.106. The van der Waals surface area contributed by atoms with Crippen molar-refractivity contribution in [3.63, 3.8) is 0 Å². The van der Waals surface area contributed by atoms with Crippen molar-refractivity contribution >= 4 is 5.96 Å². The van der Waals surface area contributed by atoms with E-state index in [9.17, 15) is 0 Å². The van der Waals surface area contributed by atoms with Crippen molar-refractivity contribution in [1.29, 1.82) is 0 Å². The van der Waals surface area contributed by atoms with Crippen molar-refractivity contribution < 1.29 is 9.47 Å². The summed E-state index contributed by atoms with van der Waals surface area (Å²) < 4.78 is 12.2. The highest BCUT2D eigenvalue weighted by Gasteiger charge is 2.66. The van der Waals surface area contributed by atoms with Crippen LogP contribution in [0.25, 0.3) is 0 Å². The molecule has 1 N–H and O–H groups in total. The number of nitrogens with one attached hydrogen (secondary N) is 1. The van der Waals surface area contributed by atoms with E-state index in [0.717, 1.165) is 32.3 Å². The van der Waals surface area contributed by atoms with Gasteiger partial charge in [0.15, 0.2) is 5.96 Å². The number of fused-ring (bicyclic) bond motifs is 2. The zero-order valence-electron chi connectivity index (χ0n) is 17.4. The predicted molar refractivity (Wildman–Crippen MR) is 111 cm³/mol. The summed E-state index contributed by atoms with van der Waals surface area (Å²) in [6, 6.07) is 7.19. The Bertz CT molecular complexity index is 773. The summed E-state index contributed by atoms with van der Waals surface area (Å²) in [6.07, 6.45) is 5.73. The van der Waals surface area contributed by atoms with Crippen LogP contribution in [-0.4, -0.2) is 56.4 Å². The van der Waals surface area contributed by atoms with Crippen LogP contribution in [-0.2, 0) is 9.47 Å². The molecule has 5 heteroatoms. The molecule has 0 aromatic heterocycles. The Hall–Kier alpha value is -1.59. The minimum atomic E-state index is 0.106. The van der Waals surface area contributed by atoms with Crippen LogP contribution in [0.3, 0.4) is 0 Å². The largest absolute Gasteiger partial charge is 0.377 e. The molecule has 28 heavy (non-hydrogen) atoms. The highest BCUT2D eigenvalue weighted by molar-refractivity contribution is 5.80. The Morgan fingerprint density at radius 1 is 1.21 bits per heavy atom. The molecule has 5 rings (SSSR count). The SMILES string of the molecule is CN=C(NC1C2CCOC2C12CCC2)N1CCOC(c2ccc(C)cc2C)C1. The number of rotatable bonds is 2. The summed E-state index contributed by atoms with van der Waals surface area (Å²) in [6.45, 7) is 7.75. The van der Waals surface area contributed by atoms with Gasteiger partial charge in [0.25, 0.3) is 0 Å². The van der Waals surface area contributed by atoms with Crippen LogP contribution in [0.2, 0.25) is 0 Å². The smallest absolute Gasteiger partial charge is 0.194 e. The molecule has 2 saturated heterocycles. The van der Waals surface area contributed by atoms with Crippen LogP contribution in [0.1, 0.15) is 48.5 Å². The van der Waals surface area contributed by atoms with Crippen molar-refractivity contribution in [2.24, 2.45) is 16.3 Å². The van der Waals surface area contributed by atoms with Gasteiger partial charge in [-0.2, -0.15) is 0 Å². The molecule has 4 aliphatic rings. The number of benzene rings is 1. The lowest BCUT2D eigenvalue weighted by Crippen LogP contribution is -2.72. The Morgan fingerprint density at radius 3 is 2.79 bits per heavy atom. The number of hydrogen-bond donors (Lipinski definition) is 1. The standard InChI is InChI=1S/C23H33N3O2/c1-15-5-6-17(16(2)13-15)19-14-26(10-12-27-19)22(24-3)25-20-18-7-11-28-21(18)23(20)8-4-9-23/h5-6,13,18-21H,4,7-12,14H2,1-3H3,(H,24,25). The summed E-state index contributed by atoms with van der Waals surface area (Å²) in [5.41, 5.74) is 4.29. The monoisotopic (exact) mass is 383 g/mol. The third-order valence-corrected chi connectivity index (χ3v) is 7.67. The van der Waals surface area contributed by atoms with Gasteiger partial charge in [-0.3, -0.25) is 4.99 Å². The maximum absolute atomic E-state index is 6.15. The van der Waals surface area contributed by atoms with Gasteiger partial charge < -0.3 is 19.7 Å². The molecule has 152 valence electrons. The van der Waals surface area contributed by atoms with E-state index in [1.807, 2.05) is 7.05 Å². The molecule has 2 aliphatic heterocycles. The first-order chi connectivity index (χ1) is 13.6. The second-order valence-corrected chi connectivity index (χ2v) is 9.17. The summed E-state index contributed by atoms with van der Waals surface area (Å²) in [5, 5.41) is 3.87. The number of aryl methyl sites for hydroxylation is 2. The average Bonchev–Trinajstić information content (AvgIpc) is 3.06. The topological polar surface area (TPSA) is 46.1 Å². The van der Waals surface area contributed by atoms with Crippen LogP contribution >= 0.6 is 0 Å². The van der Waals surface area contributed by atoms with Crippen molar-refractivity contribution in [1.82, 2.24) is 10.2 Å². The second kappa shape index (κ2) is 7.03. The number of ether oxygens (including phenoxy) is 2. The highest BCUT2D eigenvalue weighted by atomic mass is 16.5. The fraction of sp³-hybridized carbons (Fsp3) is 0.696. The van der Waals surface area contributed by atoms with Crippen molar-refractivity contribution in [2.45, 2.75) is 57.8 Å². The first-order valence-corrected chi connectivity index (χ1v) is 10.9. The van der Waals surface area contributed by atoms with E-state index >= 15 is 0 Å². The maximum Gasteiger partial charge on any atom is 0.194 e. The van der Waals surface area contributed by atoms with E-state index in [2.05, 4.69) is 47.3 Å². The van der Waals surface area contributed by atoms with Gasteiger partial charge in [-0.1, -0.05) is 30.2 Å². The normalized spacial score (nSPS) is 34.0. The second-order valence-electron chi connectivity index (χ2n) is 9.17. The minimum Gasteiger partial charge on any atom is -0.377 e. The molecule has 5 nitrogen and oxygen atoms in total. The van der Waals surface area contributed by atoms with Crippen molar-refractivity contribution in [3.8, 4) is 0 Å². The van der Waals surface area contributed by atoms with Crippen LogP contribution in [0.15, 0.2) is 23.2 Å². The molecule has 2 saturated carbocycles. The Labute approximate surface area is 168 Å². The Kier molecular flexibility index (Phi) is 4.63. The highest BCUT2D eigenvalue weighted by Crippen LogP contribution is 2.62. The van der Waals surface area contributed by atoms with Crippen LogP contribution in [0.5, 0.6) is 0 Å². The van der Waals surface area contributed by atoms with Gasteiger partial charge in [-0.25, -0.2) is 0 Å². The fourth-order valence-electron chi connectivity index (χ4n) is 6.11. The lowest BCUT2D eigenvalue weighted by atomic mass is 9.46. The lowest BCUT2D eigenvalue weighted by Gasteiger charge is -2.63. The molecule has 1 spiro atoms. The lowest BCUT2D eigenvalue weighted by molar-refractivity contribution is -0.171. The molecule has 1 aromatic carbocycles. The van der Waals surface area contributed by atoms with Gasteiger partial charge in [0.05, 0.1) is 19.3 Å². The zero-order valence-corrected chi connectivity index (χ0v) is 17.4. The molecule has 0 bridgehead atoms. The molecular formula is C23H33N3O2. The first kappa shape index (κ1) is 18.4. The van der Waals surface area contributed by atoms with E-state index in [1.54, 1.807) is 0 Å². The number of nitrogens with zero attached hydrogens (tertiary/aromatic N) is 2. The number of morpholine rings is 1. The van der Waals surface area contributed by atoms with Crippen molar-refractivity contribution in [2.75, 3.05) is 33.4 Å². The van der Waals surface area contributed by atoms with E-state index in [1.165, 1.54) is 42.4 Å². The Balaban J connectivity index is 1.30. The van der Waals surface area contributed by atoms with Crippen LogP contribution < -0.4 is 5.32 Å². The molecular weight excluding hydrogens is 350 g/mol. The third-order valence-electron chi connectivity index (χ3n) is 7.67. The molecule has 4 atom stereocenters. The predicted octanol–water partition coefficient (Wildman–Crippen LogP) is 3.21. The van der Waals surface area contributed by atoms with E-state index in [0.29, 0.717) is 23.5 Å². The van der Waals surface area contributed by atoms with E-state index in [4.69, 9.17) is 9.47 Å². The van der Waals surface area contributed by atoms with Gasteiger partial charge in [0.1, 0.15) is 6.10 Å². The number of aliphatic imine (C=N–C) groups is 1. The van der Waals surface area contributed by atoms with Gasteiger partial charge >= 0.3 is 0 Å².